The van der Waals surface area contributed by atoms with Crippen molar-refractivity contribution in [1.82, 2.24) is 0 Å². The molecule has 0 fully saturated rings. The Morgan fingerprint density at radius 2 is 0.917 bits per heavy atom. The highest BCUT2D eigenvalue weighted by molar-refractivity contribution is 5.53. The summed E-state index contributed by atoms with van der Waals surface area (Å²) in [6.45, 7) is 0. The second-order valence-electron chi connectivity index (χ2n) is 0.898. The van der Waals surface area contributed by atoms with E-state index in [0.717, 1.165) is 0 Å². The van der Waals surface area contributed by atoms with Crippen molar-refractivity contribution in [2.45, 2.75) is 0 Å². The Kier molecular flexibility index (Phi) is 22.7. The maximum Gasteiger partial charge on any atom is 0.503 e. The first-order valence-electron chi connectivity index (χ1n) is 2.29. The van der Waals surface area contributed by atoms with Gasteiger partial charge in [0.25, 0.3) is 0 Å². The molecule has 0 saturated heterocycles. The van der Waals surface area contributed by atoms with Crippen molar-refractivity contribution in [2.24, 2.45) is 0 Å². The molecular weight excluding hydrogens is 176 g/mol. The monoisotopic (exact) mass is 186 g/mol. The maximum atomic E-state index is 8.56. The van der Waals surface area contributed by atoms with Crippen molar-refractivity contribution in [3.8, 4) is 0 Å². The number of rotatable bonds is 1. The normalized spacial score (nSPS) is 6.50. The van der Waals surface area contributed by atoms with Gasteiger partial charge in [0.05, 0.1) is 14.2 Å². The van der Waals surface area contributed by atoms with E-state index in [4.69, 9.17) is 30.0 Å². The van der Waals surface area contributed by atoms with Crippen LogP contribution in [0.15, 0.2) is 0 Å². The van der Waals surface area contributed by atoms with E-state index in [1.54, 1.807) is 0 Å². The van der Waals surface area contributed by atoms with Gasteiger partial charge in [-0.1, -0.05) is 0 Å². The summed E-state index contributed by atoms with van der Waals surface area (Å²) in [4.78, 5) is 25.2. The highest BCUT2D eigenvalue weighted by atomic mass is 17.2. The van der Waals surface area contributed by atoms with E-state index in [1.807, 2.05) is 0 Å². The van der Waals surface area contributed by atoms with E-state index in [0.29, 0.717) is 0 Å². The Labute approximate surface area is 67.5 Å². The van der Waals surface area contributed by atoms with Gasteiger partial charge in [0.1, 0.15) is 0 Å². The number of carbonyl (C=O) groups is 2. The quantitative estimate of drug-likeness (QED) is 0.346. The topological polar surface area (TPSA) is 134 Å². The third-order valence-corrected chi connectivity index (χ3v) is 0.167. The molecule has 0 aliphatic rings. The minimum absolute atomic E-state index is 1.46. The Morgan fingerprint density at radius 3 is 0.917 bits per heavy atom. The molecule has 0 heterocycles. The largest absolute Gasteiger partial charge is 0.503 e. The van der Waals surface area contributed by atoms with Crippen LogP contribution >= 0.6 is 0 Å². The fourth-order valence-corrected chi connectivity index (χ4v) is 0. The molecule has 0 aromatic carbocycles. The van der Waals surface area contributed by atoms with Crippen molar-refractivity contribution in [1.29, 1.82) is 0 Å². The Hall–Kier alpha value is -1.54. The van der Waals surface area contributed by atoms with Crippen LogP contribution in [-0.4, -0.2) is 47.0 Å². The molecule has 8 nitrogen and oxygen atoms in total. The lowest BCUT2D eigenvalue weighted by Crippen LogP contribution is -1.81. The van der Waals surface area contributed by atoms with Gasteiger partial charge in [-0.3, -0.25) is 0 Å². The zero-order valence-corrected chi connectivity index (χ0v) is 6.42. The van der Waals surface area contributed by atoms with Crippen LogP contribution in [0.25, 0.3) is 0 Å². The molecular formula is C4H10O8. The second kappa shape index (κ2) is 16.2. The fraction of sp³-hybridized carbons (Fsp3) is 0.500. The first-order chi connectivity index (χ1) is 5.38. The van der Waals surface area contributed by atoms with Crippen molar-refractivity contribution >= 4 is 12.3 Å². The molecule has 0 bridgehead atoms. The predicted molar refractivity (Wildman–Crippen MR) is 35.3 cm³/mol. The lowest BCUT2D eigenvalue weighted by molar-refractivity contribution is -0.248. The van der Waals surface area contributed by atoms with Crippen molar-refractivity contribution < 1.29 is 39.8 Å². The molecule has 0 rings (SSSR count). The van der Waals surface area contributed by atoms with Gasteiger partial charge in [-0.25, -0.2) is 19.4 Å². The second-order valence-corrected chi connectivity index (χ2v) is 0.898. The molecule has 74 valence electrons. The molecule has 0 aliphatic carbocycles. The maximum absolute atomic E-state index is 8.56. The summed E-state index contributed by atoms with van der Waals surface area (Å²) >= 11 is 0. The van der Waals surface area contributed by atoms with E-state index in [9.17, 15) is 0 Å². The molecule has 0 aliphatic heterocycles. The van der Waals surface area contributed by atoms with Crippen LogP contribution in [0.1, 0.15) is 0 Å². The zero-order chi connectivity index (χ0) is 10.6. The van der Waals surface area contributed by atoms with Gasteiger partial charge in [-0.05, 0) is 0 Å². The molecule has 0 unspecified atom stereocenters. The van der Waals surface area contributed by atoms with Gasteiger partial charge >= 0.3 is 12.3 Å². The van der Waals surface area contributed by atoms with Crippen LogP contribution < -0.4 is 0 Å². The molecule has 0 atom stereocenters. The van der Waals surface area contributed by atoms with Gasteiger partial charge in [0.15, 0.2) is 0 Å². The van der Waals surface area contributed by atoms with Crippen LogP contribution in [0.2, 0.25) is 0 Å². The molecule has 0 saturated carbocycles. The lowest BCUT2D eigenvalue weighted by atomic mass is 11.5. The summed E-state index contributed by atoms with van der Waals surface area (Å²) < 4.78 is 0. The predicted octanol–water partition coefficient (Wildman–Crippen LogP) is 0.639. The molecule has 12 heavy (non-hydrogen) atoms. The van der Waals surface area contributed by atoms with E-state index in [1.165, 1.54) is 14.2 Å². The van der Waals surface area contributed by atoms with Crippen molar-refractivity contribution in [2.75, 3.05) is 14.2 Å². The number of hydrogen-bond acceptors (Lipinski definition) is 4. The molecule has 0 spiro atoms. The Bertz CT molecular complexity index is 87.6. The Balaban J connectivity index is -0.000000101. The zero-order valence-electron chi connectivity index (χ0n) is 6.42. The first-order valence-corrected chi connectivity index (χ1v) is 2.29. The van der Waals surface area contributed by atoms with E-state index in [2.05, 4.69) is 9.78 Å². The summed E-state index contributed by atoms with van der Waals surface area (Å²) in [5, 5.41) is 27.9. The SMILES string of the molecule is COOC.O=C(O)O.O=C(O)O. The summed E-state index contributed by atoms with van der Waals surface area (Å²) in [6, 6.07) is 0. The first kappa shape index (κ1) is 16.8. The molecule has 0 aromatic heterocycles. The number of carboxylic acid groups (broad SMARTS) is 4. The van der Waals surface area contributed by atoms with E-state index >= 15 is 0 Å². The van der Waals surface area contributed by atoms with Gasteiger partial charge in [0.2, 0.25) is 0 Å². The van der Waals surface area contributed by atoms with Crippen LogP contribution in [0.3, 0.4) is 0 Å². The van der Waals surface area contributed by atoms with Gasteiger partial charge in [-0.2, -0.15) is 0 Å². The highest BCUT2D eigenvalue weighted by Gasteiger charge is 1.70. The summed E-state index contributed by atoms with van der Waals surface area (Å²) in [6.07, 6.45) is -3.67. The van der Waals surface area contributed by atoms with Crippen LogP contribution in [0.4, 0.5) is 9.59 Å². The minimum atomic E-state index is -1.83. The summed E-state index contributed by atoms with van der Waals surface area (Å²) in [5.41, 5.74) is 0. The standard InChI is InChI=1S/C2H6O2.2CH2O3/c1-3-4-2;2*2-1(3)4/h1-2H3;2*(H2,2,3,4). The molecule has 0 amide bonds. The lowest BCUT2D eigenvalue weighted by Gasteiger charge is -1.78. The third kappa shape index (κ3) is 1610. The smallest absolute Gasteiger partial charge is 0.450 e. The number of hydrogen-bond donors (Lipinski definition) is 4. The molecule has 0 aromatic rings. The fourth-order valence-electron chi connectivity index (χ4n) is 0. The van der Waals surface area contributed by atoms with Gasteiger partial charge < -0.3 is 20.4 Å². The molecule has 0 radical (unpaired) electrons. The average molecular weight is 186 g/mol. The summed E-state index contributed by atoms with van der Waals surface area (Å²) in [5.74, 6) is 0. The van der Waals surface area contributed by atoms with Gasteiger partial charge in [0, 0.05) is 0 Å². The molecule has 8 heteroatoms. The summed E-state index contributed by atoms with van der Waals surface area (Å²) in [7, 11) is 2.92. The highest BCUT2D eigenvalue weighted by Crippen LogP contribution is 1.52. The van der Waals surface area contributed by atoms with Gasteiger partial charge in [-0.15, -0.1) is 0 Å². The van der Waals surface area contributed by atoms with Crippen molar-refractivity contribution in [3.63, 3.8) is 0 Å². The molecule has 4 N–H and O–H groups in total. The third-order valence-electron chi connectivity index (χ3n) is 0.167. The van der Waals surface area contributed by atoms with E-state index in [-0.39, 0.29) is 0 Å². The minimum Gasteiger partial charge on any atom is -0.450 e. The average Bonchev–Trinajstić information content (AvgIpc) is 1.85. The van der Waals surface area contributed by atoms with Crippen LogP contribution in [-0.2, 0) is 9.78 Å². The van der Waals surface area contributed by atoms with E-state index < -0.39 is 12.3 Å². The Morgan fingerprint density at radius 1 is 0.833 bits per heavy atom. The van der Waals surface area contributed by atoms with Crippen molar-refractivity contribution in [3.05, 3.63) is 0 Å². The van der Waals surface area contributed by atoms with Crippen LogP contribution in [0.5, 0.6) is 0 Å². The van der Waals surface area contributed by atoms with Crippen LogP contribution in [0, 0.1) is 0 Å².